The Morgan fingerprint density at radius 3 is 2.77 bits per heavy atom. The van der Waals surface area contributed by atoms with Gasteiger partial charge >= 0.3 is 0 Å². The molecule has 3 rings (SSSR count). The summed E-state index contributed by atoms with van der Waals surface area (Å²) in [4.78, 5) is 22.5. The van der Waals surface area contributed by atoms with E-state index in [-0.39, 0.29) is 5.91 Å². The lowest BCUT2D eigenvalue weighted by Gasteiger charge is -2.32. The topological polar surface area (TPSA) is 58.1 Å². The number of rotatable bonds is 3. The molecule has 0 radical (unpaired) electrons. The van der Waals surface area contributed by atoms with Crippen LogP contribution in [0.2, 0.25) is 0 Å². The number of anilines is 1. The zero-order valence-corrected chi connectivity index (χ0v) is 12.7. The first-order chi connectivity index (χ1) is 10.7. The third kappa shape index (κ3) is 3.42. The molecule has 0 spiro atoms. The van der Waals surface area contributed by atoms with Crippen LogP contribution in [0, 0.1) is 6.92 Å². The number of carbonyl (C=O) groups is 1. The van der Waals surface area contributed by atoms with E-state index in [4.69, 9.17) is 0 Å². The van der Waals surface area contributed by atoms with Crippen molar-refractivity contribution in [2.75, 3.05) is 18.4 Å². The van der Waals surface area contributed by atoms with Crippen LogP contribution in [0.3, 0.4) is 0 Å². The van der Waals surface area contributed by atoms with Gasteiger partial charge in [0, 0.05) is 30.9 Å². The van der Waals surface area contributed by atoms with Gasteiger partial charge in [-0.15, -0.1) is 0 Å². The SMILES string of the molecule is Cc1cccc(C(=O)N2CCC(Nc3ccncn3)CC2)c1. The van der Waals surface area contributed by atoms with Crippen LogP contribution in [0.15, 0.2) is 42.9 Å². The maximum absolute atomic E-state index is 12.5. The first-order valence-electron chi connectivity index (χ1n) is 7.61. The smallest absolute Gasteiger partial charge is 0.253 e. The molecule has 1 saturated heterocycles. The number of nitrogens with zero attached hydrogens (tertiary/aromatic N) is 3. The summed E-state index contributed by atoms with van der Waals surface area (Å²) in [6.07, 6.45) is 5.13. The molecule has 0 bridgehead atoms. The molecule has 0 saturated carbocycles. The number of aromatic nitrogens is 2. The summed E-state index contributed by atoms with van der Waals surface area (Å²) >= 11 is 0. The summed E-state index contributed by atoms with van der Waals surface area (Å²) < 4.78 is 0. The Bertz CT molecular complexity index is 636. The highest BCUT2D eigenvalue weighted by atomic mass is 16.2. The van der Waals surface area contributed by atoms with Crippen LogP contribution >= 0.6 is 0 Å². The lowest BCUT2D eigenvalue weighted by Crippen LogP contribution is -2.42. The fourth-order valence-electron chi connectivity index (χ4n) is 2.77. The van der Waals surface area contributed by atoms with Crippen molar-refractivity contribution in [3.63, 3.8) is 0 Å². The van der Waals surface area contributed by atoms with Gasteiger partial charge in [-0.3, -0.25) is 4.79 Å². The van der Waals surface area contributed by atoms with Gasteiger partial charge in [0.1, 0.15) is 12.1 Å². The van der Waals surface area contributed by atoms with E-state index in [0.29, 0.717) is 6.04 Å². The second-order valence-corrected chi connectivity index (χ2v) is 5.67. The average Bonchev–Trinajstić information content (AvgIpc) is 2.56. The van der Waals surface area contributed by atoms with Crippen molar-refractivity contribution in [1.29, 1.82) is 0 Å². The largest absolute Gasteiger partial charge is 0.367 e. The highest BCUT2D eigenvalue weighted by Crippen LogP contribution is 2.17. The van der Waals surface area contributed by atoms with Gasteiger partial charge < -0.3 is 10.2 Å². The summed E-state index contributed by atoms with van der Waals surface area (Å²) in [5.74, 6) is 0.975. The molecular formula is C17H20N4O. The van der Waals surface area contributed by atoms with Crippen molar-refractivity contribution in [3.8, 4) is 0 Å². The maximum Gasteiger partial charge on any atom is 0.253 e. The van der Waals surface area contributed by atoms with Crippen LogP contribution in [-0.4, -0.2) is 39.9 Å². The van der Waals surface area contributed by atoms with Gasteiger partial charge in [0.25, 0.3) is 5.91 Å². The van der Waals surface area contributed by atoms with Crippen LogP contribution in [0.1, 0.15) is 28.8 Å². The molecule has 0 unspecified atom stereocenters. The standard InChI is InChI=1S/C17H20N4O/c1-13-3-2-4-14(11-13)17(22)21-9-6-15(7-10-21)20-16-5-8-18-12-19-16/h2-5,8,11-12,15H,6-7,9-10H2,1H3,(H,18,19,20). The highest BCUT2D eigenvalue weighted by Gasteiger charge is 2.23. The molecule has 1 N–H and O–H groups in total. The summed E-state index contributed by atoms with van der Waals surface area (Å²) in [5, 5.41) is 3.40. The predicted molar refractivity (Wildman–Crippen MR) is 85.8 cm³/mol. The van der Waals surface area contributed by atoms with Crippen LogP contribution < -0.4 is 5.32 Å². The van der Waals surface area contributed by atoms with Crippen molar-refractivity contribution >= 4 is 11.7 Å². The molecular weight excluding hydrogens is 276 g/mol. The van der Waals surface area contributed by atoms with Crippen molar-refractivity contribution < 1.29 is 4.79 Å². The number of hydrogen-bond acceptors (Lipinski definition) is 4. The third-order valence-corrected chi connectivity index (χ3v) is 3.98. The molecule has 1 amide bonds. The van der Waals surface area contributed by atoms with Crippen LogP contribution in [0.25, 0.3) is 0 Å². The van der Waals surface area contributed by atoms with Crippen LogP contribution in [-0.2, 0) is 0 Å². The Balaban J connectivity index is 1.56. The third-order valence-electron chi connectivity index (χ3n) is 3.98. The quantitative estimate of drug-likeness (QED) is 0.945. The number of nitrogens with one attached hydrogen (secondary N) is 1. The summed E-state index contributed by atoms with van der Waals surface area (Å²) in [6, 6.07) is 10.0. The van der Waals surface area contributed by atoms with E-state index < -0.39 is 0 Å². The van der Waals surface area contributed by atoms with E-state index in [1.807, 2.05) is 42.2 Å². The molecule has 2 aromatic rings. The number of amides is 1. The fraction of sp³-hybridized carbons (Fsp3) is 0.353. The number of benzene rings is 1. The molecule has 1 aromatic heterocycles. The van der Waals surface area contributed by atoms with Crippen LogP contribution in [0.4, 0.5) is 5.82 Å². The Hall–Kier alpha value is -2.43. The minimum Gasteiger partial charge on any atom is -0.367 e. The maximum atomic E-state index is 12.5. The number of carbonyl (C=O) groups excluding carboxylic acids is 1. The van der Waals surface area contributed by atoms with E-state index in [0.717, 1.165) is 42.9 Å². The lowest BCUT2D eigenvalue weighted by molar-refractivity contribution is 0.0718. The molecule has 2 heterocycles. The molecule has 1 aliphatic rings. The molecule has 5 nitrogen and oxygen atoms in total. The number of piperidine rings is 1. The minimum absolute atomic E-state index is 0.129. The summed E-state index contributed by atoms with van der Waals surface area (Å²) in [6.45, 7) is 3.56. The van der Waals surface area contributed by atoms with Gasteiger partial charge in [0.2, 0.25) is 0 Å². The van der Waals surface area contributed by atoms with Gasteiger partial charge in [-0.1, -0.05) is 17.7 Å². The van der Waals surface area contributed by atoms with E-state index in [2.05, 4.69) is 15.3 Å². The molecule has 114 valence electrons. The Morgan fingerprint density at radius 2 is 2.09 bits per heavy atom. The zero-order valence-electron chi connectivity index (χ0n) is 12.7. The molecule has 1 aliphatic heterocycles. The number of likely N-dealkylation sites (tertiary alicyclic amines) is 1. The highest BCUT2D eigenvalue weighted by molar-refractivity contribution is 5.94. The van der Waals surface area contributed by atoms with Gasteiger partial charge in [-0.05, 0) is 38.0 Å². The Kier molecular flexibility index (Phi) is 4.32. The summed E-state index contributed by atoms with van der Waals surface area (Å²) in [7, 11) is 0. The summed E-state index contributed by atoms with van der Waals surface area (Å²) in [5.41, 5.74) is 1.90. The predicted octanol–water partition coefficient (Wildman–Crippen LogP) is 2.50. The first-order valence-corrected chi connectivity index (χ1v) is 7.61. The normalized spacial score (nSPS) is 15.6. The molecule has 0 aliphatic carbocycles. The van der Waals surface area contributed by atoms with Crippen molar-refractivity contribution in [2.24, 2.45) is 0 Å². The number of hydrogen-bond donors (Lipinski definition) is 1. The van der Waals surface area contributed by atoms with Gasteiger partial charge in [0.05, 0.1) is 0 Å². The van der Waals surface area contributed by atoms with E-state index in [9.17, 15) is 4.79 Å². The van der Waals surface area contributed by atoms with Gasteiger partial charge in [-0.25, -0.2) is 9.97 Å². The Labute approximate surface area is 130 Å². The monoisotopic (exact) mass is 296 g/mol. The molecule has 0 atom stereocenters. The molecule has 22 heavy (non-hydrogen) atoms. The van der Waals surface area contributed by atoms with Crippen molar-refractivity contribution in [2.45, 2.75) is 25.8 Å². The zero-order chi connectivity index (χ0) is 15.4. The van der Waals surface area contributed by atoms with Gasteiger partial charge in [-0.2, -0.15) is 0 Å². The second kappa shape index (κ2) is 6.56. The minimum atomic E-state index is 0.129. The van der Waals surface area contributed by atoms with Crippen molar-refractivity contribution in [3.05, 3.63) is 54.0 Å². The number of aryl methyl sites for hydroxylation is 1. The van der Waals surface area contributed by atoms with E-state index in [1.54, 1.807) is 12.5 Å². The molecule has 1 aromatic carbocycles. The van der Waals surface area contributed by atoms with Gasteiger partial charge in [0.15, 0.2) is 0 Å². The Morgan fingerprint density at radius 1 is 1.27 bits per heavy atom. The van der Waals surface area contributed by atoms with Crippen molar-refractivity contribution in [1.82, 2.24) is 14.9 Å². The fourth-order valence-corrected chi connectivity index (χ4v) is 2.77. The first kappa shape index (κ1) is 14.5. The molecule has 5 heteroatoms. The van der Waals surface area contributed by atoms with E-state index in [1.165, 1.54) is 0 Å². The van der Waals surface area contributed by atoms with E-state index >= 15 is 0 Å². The molecule has 1 fully saturated rings. The average molecular weight is 296 g/mol. The van der Waals surface area contributed by atoms with Crippen LogP contribution in [0.5, 0.6) is 0 Å². The lowest BCUT2D eigenvalue weighted by atomic mass is 10.0. The second-order valence-electron chi connectivity index (χ2n) is 5.67.